The zero-order chi connectivity index (χ0) is 17.0. The Hall–Kier alpha value is -0.530. The van der Waals surface area contributed by atoms with Crippen LogP contribution >= 0.6 is 24.0 Å². The van der Waals surface area contributed by atoms with Crippen molar-refractivity contribution in [2.24, 2.45) is 10.4 Å². The van der Waals surface area contributed by atoms with Gasteiger partial charge in [0.1, 0.15) is 6.54 Å². The third-order valence-electron chi connectivity index (χ3n) is 6.20. The average molecular weight is 462 g/mol. The summed E-state index contributed by atoms with van der Waals surface area (Å²) in [5, 5.41) is 3.70. The van der Waals surface area contributed by atoms with Gasteiger partial charge in [0.2, 0.25) is 5.91 Å². The van der Waals surface area contributed by atoms with Crippen molar-refractivity contribution in [3.8, 4) is 0 Å². The highest BCUT2D eigenvalue weighted by Crippen LogP contribution is 2.45. The van der Waals surface area contributed by atoms with E-state index in [0.717, 1.165) is 19.0 Å². The molecule has 0 aromatic heterocycles. The molecule has 0 aromatic carbocycles. The lowest BCUT2D eigenvalue weighted by molar-refractivity contribution is -0.127. The first-order valence-corrected chi connectivity index (χ1v) is 9.84. The Labute approximate surface area is 170 Å². The Morgan fingerprint density at radius 2 is 1.80 bits per heavy atom. The second kappa shape index (κ2) is 9.42. The molecule has 144 valence electrons. The highest BCUT2D eigenvalue weighted by atomic mass is 127. The minimum absolute atomic E-state index is 0. The second-order valence-corrected chi connectivity index (χ2v) is 8.29. The van der Waals surface area contributed by atoms with Crippen molar-refractivity contribution in [3.05, 3.63) is 0 Å². The second-order valence-electron chi connectivity index (χ2n) is 8.29. The number of nitrogens with zero attached hydrogens (tertiary/aromatic N) is 3. The van der Waals surface area contributed by atoms with E-state index in [1.807, 2.05) is 0 Å². The number of likely N-dealkylation sites (tertiary alicyclic amines) is 1. The lowest BCUT2D eigenvalue weighted by Gasteiger charge is -2.30. The van der Waals surface area contributed by atoms with E-state index in [4.69, 9.17) is 4.99 Å². The summed E-state index contributed by atoms with van der Waals surface area (Å²) in [6, 6.07) is 0.534. The summed E-state index contributed by atoms with van der Waals surface area (Å²) >= 11 is 0. The van der Waals surface area contributed by atoms with E-state index in [1.54, 1.807) is 19.0 Å². The molecule has 1 amide bonds. The van der Waals surface area contributed by atoms with E-state index >= 15 is 0 Å². The van der Waals surface area contributed by atoms with E-state index in [-0.39, 0.29) is 36.4 Å². The molecule has 3 fully saturated rings. The molecule has 0 unspecified atom stereocenters. The number of rotatable bonds is 3. The summed E-state index contributed by atoms with van der Waals surface area (Å²) in [6.45, 7) is 2.47. The monoisotopic (exact) mass is 462 g/mol. The van der Waals surface area contributed by atoms with Crippen molar-refractivity contribution in [1.29, 1.82) is 0 Å². The first kappa shape index (κ1) is 20.8. The topological polar surface area (TPSA) is 47.9 Å². The molecular formula is C19H35IN4O. The number of likely N-dealkylation sites (N-methyl/N-ethyl adjacent to an activating group) is 1. The van der Waals surface area contributed by atoms with Gasteiger partial charge in [0, 0.05) is 33.2 Å². The van der Waals surface area contributed by atoms with Crippen LogP contribution in [0.3, 0.4) is 0 Å². The first-order valence-electron chi connectivity index (χ1n) is 9.84. The molecule has 2 saturated carbocycles. The van der Waals surface area contributed by atoms with Gasteiger partial charge in [-0.2, -0.15) is 0 Å². The van der Waals surface area contributed by atoms with Crippen molar-refractivity contribution in [1.82, 2.24) is 15.1 Å². The molecule has 5 nitrogen and oxygen atoms in total. The van der Waals surface area contributed by atoms with Gasteiger partial charge in [-0.3, -0.25) is 4.79 Å². The summed E-state index contributed by atoms with van der Waals surface area (Å²) in [4.78, 5) is 20.8. The van der Waals surface area contributed by atoms with Gasteiger partial charge in [0.25, 0.3) is 0 Å². The fraction of sp³-hybridized carbons (Fsp3) is 0.895. The number of hydrogen-bond donors (Lipinski definition) is 1. The van der Waals surface area contributed by atoms with Gasteiger partial charge in [-0.1, -0.05) is 32.1 Å². The van der Waals surface area contributed by atoms with Gasteiger partial charge < -0.3 is 15.1 Å². The summed E-state index contributed by atoms with van der Waals surface area (Å²) in [6.07, 6.45) is 13.3. The lowest BCUT2D eigenvalue weighted by atomic mass is 9.86. The molecule has 1 spiro atoms. The van der Waals surface area contributed by atoms with E-state index < -0.39 is 0 Å². The van der Waals surface area contributed by atoms with E-state index in [9.17, 15) is 4.79 Å². The summed E-state index contributed by atoms with van der Waals surface area (Å²) < 4.78 is 0. The maximum absolute atomic E-state index is 12.0. The number of carbonyl (C=O) groups excluding carboxylic acids is 1. The van der Waals surface area contributed by atoms with Crippen molar-refractivity contribution in [2.75, 3.05) is 33.7 Å². The number of nitrogens with one attached hydrogen (secondary N) is 1. The van der Waals surface area contributed by atoms with Crippen molar-refractivity contribution >= 4 is 35.8 Å². The molecule has 25 heavy (non-hydrogen) atoms. The summed E-state index contributed by atoms with van der Waals surface area (Å²) in [5.74, 6) is 1.06. The molecule has 0 atom stereocenters. The Morgan fingerprint density at radius 3 is 2.44 bits per heavy atom. The minimum atomic E-state index is 0. The lowest BCUT2D eigenvalue weighted by Crippen LogP contribution is -2.47. The van der Waals surface area contributed by atoms with Crippen LogP contribution < -0.4 is 5.32 Å². The number of carbonyl (C=O) groups is 1. The van der Waals surface area contributed by atoms with E-state index in [2.05, 4.69) is 10.2 Å². The smallest absolute Gasteiger partial charge is 0.243 e. The Balaban J connectivity index is 0.00000225. The van der Waals surface area contributed by atoms with Gasteiger partial charge in [0.05, 0.1) is 0 Å². The number of hydrogen-bond acceptors (Lipinski definition) is 2. The van der Waals surface area contributed by atoms with Crippen LogP contribution in [0.4, 0.5) is 0 Å². The largest absolute Gasteiger partial charge is 0.353 e. The quantitative estimate of drug-likeness (QED) is 0.398. The molecule has 6 heteroatoms. The average Bonchev–Trinajstić information content (AvgIpc) is 3.22. The maximum atomic E-state index is 12.0. The van der Waals surface area contributed by atoms with Crippen LogP contribution in [0.25, 0.3) is 0 Å². The third kappa shape index (κ3) is 5.47. The molecule has 3 rings (SSSR count). The highest BCUT2D eigenvalue weighted by molar-refractivity contribution is 14.0. The Kier molecular flexibility index (Phi) is 7.83. The number of amides is 1. The van der Waals surface area contributed by atoms with Crippen LogP contribution in [0, 0.1) is 5.41 Å². The molecular weight excluding hydrogens is 427 g/mol. The molecule has 0 aromatic rings. The van der Waals surface area contributed by atoms with Crippen LogP contribution in [-0.2, 0) is 4.79 Å². The summed E-state index contributed by atoms with van der Waals surface area (Å²) in [5.41, 5.74) is 0.528. The van der Waals surface area contributed by atoms with Crippen molar-refractivity contribution in [3.63, 3.8) is 0 Å². The van der Waals surface area contributed by atoms with Gasteiger partial charge in [-0.05, 0) is 37.5 Å². The first-order chi connectivity index (χ1) is 11.6. The zero-order valence-electron chi connectivity index (χ0n) is 15.9. The van der Waals surface area contributed by atoms with Gasteiger partial charge in [-0.25, -0.2) is 4.99 Å². The van der Waals surface area contributed by atoms with Crippen LogP contribution in [0.15, 0.2) is 4.99 Å². The van der Waals surface area contributed by atoms with Crippen LogP contribution in [0.2, 0.25) is 0 Å². The van der Waals surface area contributed by atoms with Gasteiger partial charge in [-0.15, -0.1) is 24.0 Å². The fourth-order valence-electron chi connectivity index (χ4n) is 4.60. The highest BCUT2D eigenvalue weighted by Gasteiger charge is 2.41. The number of guanidine groups is 1. The van der Waals surface area contributed by atoms with Gasteiger partial charge in [0.15, 0.2) is 5.96 Å². The molecule has 0 bridgehead atoms. The zero-order valence-corrected chi connectivity index (χ0v) is 18.3. The molecule has 2 aliphatic carbocycles. The van der Waals surface area contributed by atoms with Crippen LogP contribution in [0.1, 0.15) is 64.2 Å². The Bertz CT molecular complexity index is 468. The predicted molar refractivity (Wildman–Crippen MR) is 114 cm³/mol. The molecule has 1 N–H and O–H groups in total. The minimum Gasteiger partial charge on any atom is -0.353 e. The number of halogens is 1. The van der Waals surface area contributed by atoms with Crippen molar-refractivity contribution in [2.45, 2.75) is 70.3 Å². The fourth-order valence-corrected chi connectivity index (χ4v) is 4.60. The standard InChI is InChI=1S/C19H34N4O.HI/c1-22(2)17(24)14-20-18(21-16-8-4-3-5-9-16)23-13-12-19(15-23)10-6-7-11-19;/h16H,3-15H2,1-2H3,(H,20,21);1H. The van der Waals surface area contributed by atoms with E-state index in [1.165, 1.54) is 64.2 Å². The Morgan fingerprint density at radius 1 is 1.12 bits per heavy atom. The SMILES string of the molecule is CN(C)C(=O)CN=C(NC1CCCCC1)N1CCC2(CCCC2)C1.I. The molecule has 3 aliphatic rings. The van der Waals surface area contributed by atoms with Gasteiger partial charge >= 0.3 is 0 Å². The molecule has 0 radical (unpaired) electrons. The number of aliphatic imine (C=N–C) groups is 1. The molecule has 1 aliphatic heterocycles. The maximum Gasteiger partial charge on any atom is 0.243 e. The predicted octanol–water partition coefficient (Wildman–Crippen LogP) is 3.24. The third-order valence-corrected chi connectivity index (χ3v) is 6.20. The van der Waals surface area contributed by atoms with E-state index in [0.29, 0.717) is 11.5 Å². The van der Waals surface area contributed by atoms with Crippen LogP contribution in [0.5, 0.6) is 0 Å². The molecule has 1 heterocycles. The van der Waals surface area contributed by atoms with Crippen molar-refractivity contribution < 1.29 is 4.79 Å². The molecule has 1 saturated heterocycles. The summed E-state index contributed by atoms with van der Waals surface area (Å²) in [7, 11) is 3.60. The normalized spacial score (nSPS) is 23.6. The van der Waals surface area contributed by atoms with Crippen LogP contribution in [-0.4, -0.2) is 61.4 Å².